The lowest BCUT2D eigenvalue weighted by Gasteiger charge is -2.26. The first-order valence-electron chi connectivity index (χ1n) is 6.79. The average Bonchev–Trinajstić information content (AvgIpc) is 2.69. The van der Waals surface area contributed by atoms with Gasteiger partial charge in [0.15, 0.2) is 0 Å². The average molecular weight is 254 g/mol. The molecule has 0 fully saturated rings. The molecular weight excluding hydrogens is 236 g/mol. The van der Waals surface area contributed by atoms with Crippen molar-refractivity contribution < 1.29 is 5.11 Å². The molecular formula is C16H18N2O. The van der Waals surface area contributed by atoms with Gasteiger partial charge in [0.25, 0.3) is 0 Å². The van der Waals surface area contributed by atoms with Crippen LogP contribution in [0.1, 0.15) is 24.0 Å². The Bertz CT molecular complexity index is 568. The summed E-state index contributed by atoms with van der Waals surface area (Å²) >= 11 is 0. The largest absolute Gasteiger partial charge is 0.392 e. The minimum atomic E-state index is 0.0521. The molecule has 0 amide bonds. The van der Waals surface area contributed by atoms with E-state index in [0.29, 0.717) is 0 Å². The molecule has 1 aliphatic rings. The highest BCUT2D eigenvalue weighted by atomic mass is 16.3. The van der Waals surface area contributed by atoms with Gasteiger partial charge in [-0.2, -0.15) is 0 Å². The molecule has 0 bridgehead atoms. The van der Waals surface area contributed by atoms with Crippen molar-refractivity contribution in [2.75, 3.05) is 11.4 Å². The molecule has 2 heterocycles. The van der Waals surface area contributed by atoms with Crippen LogP contribution in [0.2, 0.25) is 0 Å². The van der Waals surface area contributed by atoms with E-state index in [9.17, 15) is 5.11 Å². The second kappa shape index (κ2) is 5.41. The summed E-state index contributed by atoms with van der Waals surface area (Å²) in [4.78, 5) is 6.51. The molecule has 0 spiro atoms. The molecule has 0 unspecified atom stereocenters. The number of aromatic nitrogens is 1. The summed E-state index contributed by atoms with van der Waals surface area (Å²) in [6.07, 6.45) is 7.09. The molecule has 98 valence electrons. The number of nitrogens with zero attached hydrogens (tertiary/aromatic N) is 2. The Morgan fingerprint density at radius 3 is 2.89 bits per heavy atom. The molecule has 0 aliphatic carbocycles. The van der Waals surface area contributed by atoms with Crippen LogP contribution in [-0.2, 0) is 13.0 Å². The number of fused-ring (bicyclic) bond motifs is 1. The van der Waals surface area contributed by atoms with Crippen molar-refractivity contribution in [2.24, 2.45) is 0 Å². The van der Waals surface area contributed by atoms with Gasteiger partial charge >= 0.3 is 0 Å². The number of rotatable bonds is 2. The van der Waals surface area contributed by atoms with Gasteiger partial charge in [-0.1, -0.05) is 18.2 Å². The second-order valence-electron chi connectivity index (χ2n) is 4.90. The van der Waals surface area contributed by atoms with Crippen LogP contribution >= 0.6 is 0 Å². The summed E-state index contributed by atoms with van der Waals surface area (Å²) in [5.41, 5.74) is 4.60. The zero-order chi connectivity index (χ0) is 13.1. The van der Waals surface area contributed by atoms with Gasteiger partial charge < -0.3 is 10.0 Å². The molecule has 3 heteroatoms. The zero-order valence-electron chi connectivity index (χ0n) is 10.9. The van der Waals surface area contributed by atoms with Gasteiger partial charge in [-0.05, 0) is 37.0 Å². The summed E-state index contributed by atoms with van der Waals surface area (Å²) in [7, 11) is 0. The Kier molecular flexibility index (Phi) is 3.47. The summed E-state index contributed by atoms with van der Waals surface area (Å²) in [5, 5.41) is 9.51. The molecule has 2 aromatic rings. The van der Waals surface area contributed by atoms with E-state index in [2.05, 4.69) is 34.1 Å². The number of hydrogen-bond donors (Lipinski definition) is 1. The quantitative estimate of drug-likeness (QED) is 0.894. The van der Waals surface area contributed by atoms with E-state index in [1.165, 1.54) is 17.7 Å². The molecule has 3 nitrogen and oxygen atoms in total. The first kappa shape index (κ1) is 12.2. The van der Waals surface area contributed by atoms with Crippen molar-refractivity contribution in [3.63, 3.8) is 0 Å². The molecule has 0 saturated heterocycles. The SMILES string of the molecule is OCc1ccncc1N1CCCCc2ccccc21. The van der Waals surface area contributed by atoms with Crippen molar-refractivity contribution in [1.82, 2.24) is 4.98 Å². The third-order valence-corrected chi connectivity index (χ3v) is 3.71. The number of aryl methyl sites for hydroxylation is 1. The van der Waals surface area contributed by atoms with Crippen LogP contribution in [-0.4, -0.2) is 16.6 Å². The molecule has 1 aromatic heterocycles. The van der Waals surface area contributed by atoms with Gasteiger partial charge in [-0.25, -0.2) is 0 Å². The molecule has 19 heavy (non-hydrogen) atoms. The van der Waals surface area contributed by atoms with Crippen LogP contribution in [0.5, 0.6) is 0 Å². The van der Waals surface area contributed by atoms with Gasteiger partial charge in [0.2, 0.25) is 0 Å². The topological polar surface area (TPSA) is 36.4 Å². The number of aliphatic hydroxyl groups excluding tert-OH is 1. The summed E-state index contributed by atoms with van der Waals surface area (Å²) in [6, 6.07) is 10.4. The maximum absolute atomic E-state index is 9.51. The zero-order valence-corrected chi connectivity index (χ0v) is 10.9. The Morgan fingerprint density at radius 1 is 1.11 bits per heavy atom. The number of para-hydroxylation sites is 1. The van der Waals surface area contributed by atoms with Crippen molar-refractivity contribution in [3.05, 3.63) is 53.9 Å². The van der Waals surface area contributed by atoms with Crippen LogP contribution in [0.4, 0.5) is 11.4 Å². The molecule has 0 radical (unpaired) electrons. The maximum Gasteiger partial charge on any atom is 0.0703 e. The predicted octanol–water partition coefficient (Wildman–Crippen LogP) is 3.05. The van der Waals surface area contributed by atoms with Crippen LogP contribution < -0.4 is 4.90 Å². The third-order valence-electron chi connectivity index (χ3n) is 3.71. The summed E-state index contributed by atoms with van der Waals surface area (Å²) in [5.74, 6) is 0. The lowest BCUT2D eigenvalue weighted by atomic mass is 10.1. The van der Waals surface area contributed by atoms with Gasteiger partial charge in [0, 0.05) is 24.0 Å². The normalized spacial score (nSPS) is 14.9. The van der Waals surface area contributed by atoms with E-state index in [0.717, 1.165) is 30.6 Å². The van der Waals surface area contributed by atoms with Crippen molar-refractivity contribution in [1.29, 1.82) is 0 Å². The van der Waals surface area contributed by atoms with Crippen molar-refractivity contribution in [3.8, 4) is 0 Å². The number of benzene rings is 1. The Morgan fingerprint density at radius 2 is 2.00 bits per heavy atom. The first-order chi connectivity index (χ1) is 9.40. The maximum atomic E-state index is 9.51. The highest BCUT2D eigenvalue weighted by Gasteiger charge is 2.18. The number of anilines is 2. The third kappa shape index (κ3) is 2.34. The Labute approximate surface area is 113 Å². The van der Waals surface area contributed by atoms with Crippen LogP contribution in [0, 0.1) is 0 Å². The van der Waals surface area contributed by atoms with E-state index < -0.39 is 0 Å². The van der Waals surface area contributed by atoms with Crippen molar-refractivity contribution in [2.45, 2.75) is 25.9 Å². The number of aliphatic hydroxyl groups is 1. The van der Waals surface area contributed by atoms with E-state index in [4.69, 9.17) is 0 Å². The highest BCUT2D eigenvalue weighted by molar-refractivity contribution is 5.68. The molecule has 0 atom stereocenters. The fraction of sp³-hybridized carbons (Fsp3) is 0.312. The molecule has 1 aliphatic heterocycles. The van der Waals surface area contributed by atoms with Gasteiger partial charge in [-0.15, -0.1) is 0 Å². The van der Waals surface area contributed by atoms with Crippen LogP contribution in [0.3, 0.4) is 0 Å². The van der Waals surface area contributed by atoms with Crippen molar-refractivity contribution >= 4 is 11.4 Å². The Hall–Kier alpha value is -1.87. The van der Waals surface area contributed by atoms with Gasteiger partial charge in [0.1, 0.15) is 0 Å². The van der Waals surface area contributed by atoms with E-state index in [1.807, 2.05) is 12.3 Å². The minimum absolute atomic E-state index is 0.0521. The van der Waals surface area contributed by atoms with E-state index in [-0.39, 0.29) is 6.61 Å². The standard InChI is InChI=1S/C16H18N2O/c19-12-14-8-9-17-11-16(14)18-10-4-3-6-13-5-1-2-7-15(13)18/h1-2,5,7-9,11,19H,3-4,6,10,12H2. The molecule has 0 saturated carbocycles. The molecule has 1 aromatic carbocycles. The number of hydrogen-bond acceptors (Lipinski definition) is 3. The van der Waals surface area contributed by atoms with Crippen LogP contribution in [0.25, 0.3) is 0 Å². The minimum Gasteiger partial charge on any atom is -0.392 e. The molecule has 1 N–H and O–H groups in total. The van der Waals surface area contributed by atoms with E-state index in [1.54, 1.807) is 6.20 Å². The number of pyridine rings is 1. The lowest BCUT2D eigenvalue weighted by Crippen LogP contribution is -2.19. The second-order valence-corrected chi connectivity index (χ2v) is 4.90. The highest BCUT2D eigenvalue weighted by Crippen LogP contribution is 2.33. The Balaban J connectivity index is 2.09. The van der Waals surface area contributed by atoms with Crippen LogP contribution in [0.15, 0.2) is 42.7 Å². The lowest BCUT2D eigenvalue weighted by molar-refractivity contribution is 0.282. The fourth-order valence-electron chi connectivity index (χ4n) is 2.73. The smallest absolute Gasteiger partial charge is 0.0703 e. The monoisotopic (exact) mass is 254 g/mol. The summed E-state index contributed by atoms with van der Waals surface area (Å²) in [6.45, 7) is 1.03. The summed E-state index contributed by atoms with van der Waals surface area (Å²) < 4.78 is 0. The predicted molar refractivity (Wildman–Crippen MR) is 76.5 cm³/mol. The molecule has 3 rings (SSSR count). The fourth-order valence-corrected chi connectivity index (χ4v) is 2.73. The van der Waals surface area contributed by atoms with Gasteiger partial charge in [0.05, 0.1) is 18.5 Å². The first-order valence-corrected chi connectivity index (χ1v) is 6.79. The van der Waals surface area contributed by atoms with Gasteiger partial charge in [-0.3, -0.25) is 4.98 Å². The van der Waals surface area contributed by atoms with E-state index >= 15 is 0 Å².